The van der Waals surface area contributed by atoms with E-state index in [4.69, 9.17) is 9.57 Å². The van der Waals surface area contributed by atoms with E-state index in [9.17, 15) is 4.79 Å². The minimum absolute atomic E-state index is 0.396. The fraction of sp³-hybridized carbons (Fsp3) is 0.167. The fourth-order valence-corrected chi connectivity index (χ4v) is 4.02. The van der Waals surface area contributed by atoms with Gasteiger partial charge in [-0.1, -0.05) is 83.0 Å². The molecule has 138 valence electrons. The average molecular weight is 369 g/mol. The Morgan fingerprint density at radius 2 is 1.50 bits per heavy atom. The Labute approximate surface area is 163 Å². The zero-order valence-corrected chi connectivity index (χ0v) is 15.7. The van der Waals surface area contributed by atoms with Crippen molar-refractivity contribution in [3.05, 3.63) is 101 Å². The van der Waals surface area contributed by atoms with Crippen molar-refractivity contribution in [2.45, 2.75) is 25.4 Å². The summed E-state index contributed by atoms with van der Waals surface area (Å²) in [5.41, 5.74) is 4.37. The van der Waals surface area contributed by atoms with E-state index in [-0.39, 0.29) is 0 Å². The number of fused-ring (bicyclic) bond motifs is 2. The van der Waals surface area contributed by atoms with Gasteiger partial charge in [-0.2, -0.15) is 0 Å². The van der Waals surface area contributed by atoms with Crippen molar-refractivity contribution in [2.24, 2.45) is 5.16 Å². The van der Waals surface area contributed by atoms with Gasteiger partial charge in [0.2, 0.25) is 0 Å². The Kier molecular flexibility index (Phi) is 3.63. The lowest BCUT2D eigenvalue weighted by Gasteiger charge is -2.26. The zero-order valence-electron chi connectivity index (χ0n) is 15.7. The van der Waals surface area contributed by atoms with Gasteiger partial charge in [-0.3, -0.25) is 0 Å². The van der Waals surface area contributed by atoms with Crippen LogP contribution in [0.15, 0.2) is 78.0 Å². The predicted octanol–water partition coefficient (Wildman–Crippen LogP) is 4.64. The maximum Gasteiger partial charge on any atom is 0.364 e. The largest absolute Gasteiger partial charge is 0.423 e. The summed E-state index contributed by atoms with van der Waals surface area (Å²) in [6.07, 6.45) is 0. The maximum atomic E-state index is 13.1. The van der Waals surface area contributed by atoms with Crippen LogP contribution in [0.2, 0.25) is 0 Å². The molecule has 1 spiro atoms. The van der Waals surface area contributed by atoms with Crippen LogP contribution in [0.3, 0.4) is 0 Å². The summed E-state index contributed by atoms with van der Waals surface area (Å²) in [6.45, 7) is 4.08. The molecule has 0 saturated carbocycles. The Balaban J connectivity index is 1.72. The van der Waals surface area contributed by atoms with Crippen LogP contribution < -0.4 is 4.74 Å². The Hall–Kier alpha value is -3.40. The van der Waals surface area contributed by atoms with Crippen molar-refractivity contribution < 1.29 is 14.4 Å². The summed E-state index contributed by atoms with van der Waals surface area (Å²) < 4.78 is 5.59. The molecule has 0 saturated heterocycles. The Morgan fingerprint density at radius 1 is 0.857 bits per heavy atom. The molecule has 4 heteroatoms. The van der Waals surface area contributed by atoms with Gasteiger partial charge < -0.3 is 9.57 Å². The topological polar surface area (TPSA) is 47.9 Å². The molecule has 3 aromatic carbocycles. The van der Waals surface area contributed by atoms with Gasteiger partial charge in [0, 0.05) is 5.56 Å². The molecule has 0 fully saturated rings. The van der Waals surface area contributed by atoms with Gasteiger partial charge in [-0.15, -0.1) is 0 Å². The van der Waals surface area contributed by atoms with Crippen LogP contribution in [0, 0.1) is 13.8 Å². The molecule has 4 nitrogen and oxygen atoms in total. The fourth-order valence-electron chi connectivity index (χ4n) is 4.02. The third-order valence-electron chi connectivity index (χ3n) is 5.52. The molecular weight excluding hydrogens is 350 g/mol. The number of oxime groups is 1. The lowest BCUT2D eigenvalue weighted by Crippen LogP contribution is -2.41. The molecule has 2 heterocycles. The van der Waals surface area contributed by atoms with Crippen LogP contribution >= 0.6 is 0 Å². The molecule has 0 amide bonds. The normalized spacial score (nSPS) is 22.6. The Bertz CT molecular complexity index is 1100. The first-order valence-corrected chi connectivity index (χ1v) is 9.31. The first-order valence-electron chi connectivity index (χ1n) is 9.31. The van der Waals surface area contributed by atoms with E-state index in [0.717, 1.165) is 33.5 Å². The average Bonchev–Trinajstić information content (AvgIpc) is 3.23. The van der Waals surface area contributed by atoms with Crippen LogP contribution in [-0.2, 0) is 15.2 Å². The molecule has 0 unspecified atom stereocenters. The van der Waals surface area contributed by atoms with Gasteiger partial charge in [-0.05, 0) is 25.5 Å². The van der Waals surface area contributed by atoms with Crippen molar-refractivity contribution in [1.82, 2.24) is 0 Å². The highest BCUT2D eigenvalue weighted by molar-refractivity contribution is 6.11. The zero-order chi connectivity index (χ0) is 19.3. The van der Waals surface area contributed by atoms with Crippen molar-refractivity contribution in [2.75, 3.05) is 0 Å². The molecule has 3 aromatic rings. The van der Waals surface area contributed by atoms with Gasteiger partial charge in [0.15, 0.2) is 0 Å². The summed E-state index contributed by atoms with van der Waals surface area (Å²) >= 11 is 0. The highest BCUT2D eigenvalue weighted by atomic mass is 16.7. The van der Waals surface area contributed by atoms with Crippen LogP contribution in [0.4, 0.5) is 0 Å². The number of carbonyl (C=O) groups excluding carboxylic acids is 1. The third-order valence-corrected chi connectivity index (χ3v) is 5.52. The van der Waals surface area contributed by atoms with E-state index < -0.39 is 17.5 Å². The van der Waals surface area contributed by atoms with Gasteiger partial charge in [0.05, 0.1) is 17.2 Å². The van der Waals surface area contributed by atoms with Crippen molar-refractivity contribution >= 4 is 11.7 Å². The standard InChI is InChI=1S/C24H19NO3/c1-15-7-11-17(12-8-15)21-22(18-13-9-16(2)10-14-18)25-28-24(21)19-5-3-4-6-20(19)27-23(24)26/h3-14,21H,1-2H3/t21-,24+/m0/s1. The molecule has 0 aliphatic carbocycles. The first-order chi connectivity index (χ1) is 13.6. The number of para-hydroxylation sites is 1. The number of benzene rings is 3. The molecule has 0 radical (unpaired) electrons. The van der Waals surface area contributed by atoms with Gasteiger partial charge in [0.25, 0.3) is 5.60 Å². The SMILES string of the molecule is Cc1ccc(C2=NO[C@@]3(C(=O)Oc4ccccc43)[C@H]2c2ccc(C)cc2)cc1. The lowest BCUT2D eigenvalue weighted by molar-refractivity contribution is -0.157. The van der Waals surface area contributed by atoms with E-state index in [1.165, 1.54) is 0 Å². The maximum absolute atomic E-state index is 13.1. The smallest absolute Gasteiger partial charge is 0.364 e. The number of aryl methyl sites for hydroxylation is 2. The molecule has 0 aromatic heterocycles. The number of rotatable bonds is 2. The van der Waals surface area contributed by atoms with Crippen LogP contribution in [-0.4, -0.2) is 11.7 Å². The van der Waals surface area contributed by atoms with Gasteiger partial charge >= 0.3 is 5.97 Å². The number of hydrogen-bond donors (Lipinski definition) is 0. The van der Waals surface area contributed by atoms with Crippen LogP contribution in [0.5, 0.6) is 5.75 Å². The molecule has 0 N–H and O–H groups in total. The highest BCUT2D eigenvalue weighted by Gasteiger charge is 2.63. The molecule has 2 aliphatic heterocycles. The second-order valence-electron chi connectivity index (χ2n) is 7.40. The van der Waals surface area contributed by atoms with Gasteiger partial charge in [-0.25, -0.2) is 4.79 Å². The quantitative estimate of drug-likeness (QED) is 0.488. The predicted molar refractivity (Wildman–Crippen MR) is 106 cm³/mol. The second-order valence-corrected chi connectivity index (χ2v) is 7.40. The number of esters is 1. The molecule has 2 aliphatic rings. The minimum atomic E-state index is -1.30. The summed E-state index contributed by atoms with van der Waals surface area (Å²) in [4.78, 5) is 19.1. The molecular formula is C24H19NO3. The Morgan fingerprint density at radius 3 is 2.21 bits per heavy atom. The summed E-state index contributed by atoms with van der Waals surface area (Å²) in [7, 11) is 0. The third kappa shape index (κ3) is 2.31. The van der Waals surface area contributed by atoms with E-state index >= 15 is 0 Å². The van der Waals surface area contributed by atoms with Gasteiger partial charge in [0.1, 0.15) is 5.75 Å². The summed E-state index contributed by atoms with van der Waals surface area (Å²) in [6, 6.07) is 23.7. The minimum Gasteiger partial charge on any atom is -0.423 e. The number of ether oxygens (including phenoxy) is 1. The monoisotopic (exact) mass is 369 g/mol. The van der Waals surface area contributed by atoms with Crippen LogP contribution in [0.1, 0.15) is 33.7 Å². The molecule has 2 atom stereocenters. The number of nitrogens with zero attached hydrogens (tertiary/aromatic N) is 1. The molecule has 0 bridgehead atoms. The highest BCUT2D eigenvalue weighted by Crippen LogP contribution is 2.53. The van der Waals surface area contributed by atoms with Crippen molar-refractivity contribution in [3.8, 4) is 5.75 Å². The van der Waals surface area contributed by atoms with E-state index in [0.29, 0.717) is 5.75 Å². The summed E-state index contributed by atoms with van der Waals surface area (Å²) in [5.74, 6) is -0.290. The molecule has 28 heavy (non-hydrogen) atoms. The first kappa shape index (κ1) is 16.8. The summed E-state index contributed by atoms with van der Waals surface area (Å²) in [5, 5.41) is 4.42. The van der Waals surface area contributed by atoms with E-state index in [1.54, 1.807) is 6.07 Å². The van der Waals surface area contributed by atoms with E-state index in [1.807, 2.05) is 80.6 Å². The number of hydrogen-bond acceptors (Lipinski definition) is 4. The van der Waals surface area contributed by atoms with Crippen molar-refractivity contribution in [3.63, 3.8) is 0 Å². The van der Waals surface area contributed by atoms with E-state index in [2.05, 4.69) is 5.16 Å². The van der Waals surface area contributed by atoms with Crippen LogP contribution in [0.25, 0.3) is 0 Å². The second kappa shape index (κ2) is 6.06. The van der Waals surface area contributed by atoms with Crippen molar-refractivity contribution in [1.29, 1.82) is 0 Å². The lowest BCUT2D eigenvalue weighted by atomic mass is 9.74. The number of carbonyl (C=O) groups is 1. The molecule has 5 rings (SSSR count).